The molecule has 4 rings (SSSR count). The van der Waals surface area contributed by atoms with Crippen LogP contribution in [0.2, 0.25) is 10.0 Å². The minimum atomic E-state index is -0.598. The lowest BCUT2D eigenvalue weighted by molar-refractivity contribution is -0.115. The van der Waals surface area contributed by atoms with Gasteiger partial charge in [0.25, 0.3) is 11.8 Å². The summed E-state index contributed by atoms with van der Waals surface area (Å²) in [4.78, 5) is 32.2. The molecule has 0 unspecified atom stereocenters. The molecule has 1 saturated heterocycles. The third-order valence-corrected chi connectivity index (χ3v) is 5.28. The second kappa shape index (κ2) is 8.23. The highest BCUT2D eigenvalue weighted by molar-refractivity contribution is 6.40. The van der Waals surface area contributed by atoms with Crippen LogP contribution in [0, 0.1) is 5.92 Å². The van der Waals surface area contributed by atoms with E-state index in [1.165, 1.54) is 6.21 Å². The Kier molecular flexibility index (Phi) is 5.51. The summed E-state index contributed by atoms with van der Waals surface area (Å²) in [5.74, 6) is -0.938. The van der Waals surface area contributed by atoms with E-state index in [0.717, 1.165) is 5.56 Å². The van der Waals surface area contributed by atoms with Crippen LogP contribution in [0.15, 0.2) is 58.8 Å². The molecule has 29 heavy (non-hydrogen) atoms. The van der Waals surface area contributed by atoms with Gasteiger partial charge in [-0.2, -0.15) is 5.10 Å². The summed E-state index contributed by atoms with van der Waals surface area (Å²) in [6.07, 6.45) is 1.49. The number of fused-ring (bicyclic) bond motifs is 1. The molecule has 0 spiro atoms. The van der Waals surface area contributed by atoms with E-state index in [-0.39, 0.29) is 17.5 Å². The van der Waals surface area contributed by atoms with Gasteiger partial charge in [0.2, 0.25) is 6.23 Å². The van der Waals surface area contributed by atoms with E-state index < -0.39 is 12.1 Å². The molecular formula is C20H16Cl2N4O3. The van der Waals surface area contributed by atoms with Gasteiger partial charge in [-0.15, -0.1) is 0 Å². The van der Waals surface area contributed by atoms with Crippen molar-refractivity contribution in [1.82, 2.24) is 10.3 Å². The van der Waals surface area contributed by atoms with Crippen molar-refractivity contribution in [3.05, 3.63) is 69.7 Å². The summed E-state index contributed by atoms with van der Waals surface area (Å²) >= 11 is 11.7. The summed E-state index contributed by atoms with van der Waals surface area (Å²) < 4.78 is 0. The number of nitrogens with one attached hydrogen (secondary N) is 1. The van der Waals surface area contributed by atoms with E-state index in [4.69, 9.17) is 28.0 Å². The van der Waals surface area contributed by atoms with Crippen LogP contribution in [0.5, 0.6) is 0 Å². The Morgan fingerprint density at radius 2 is 1.76 bits per heavy atom. The first-order chi connectivity index (χ1) is 14.0. The van der Waals surface area contributed by atoms with Gasteiger partial charge in [0.05, 0.1) is 12.1 Å². The standard InChI is InChI=1S/C20H16Cl2N4O3/c21-14-5-1-12(2-6-14)11-23-24-18(27)17-16-9-10-26(20(16)29-25-17)19(28)13-3-7-15(22)8-4-13/h1-8,11,16,20H,9-10H2,(H,24,27)/b23-11-/t16-,20+/m0/s1. The summed E-state index contributed by atoms with van der Waals surface area (Å²) in [6.45, 7) is 0.469. The van der Waals surface area contributed by atoms with Gasteiger partial charge in [0, 0.05) is 22.2 Å². The maximum atomic E-state index is 12.7. The lowest BCUT2D eigenvalue weighted by atomic mass is 10.0. The highest BCUT2D eigenvalue weighted by atomic mass is 35.5. The van der Waals surface area contributed by atoms with Crippen LogP contribution in [-0.2, 0) is 9.63 Å². The SMILES string of the molecule is O=C(N/N=C\c1ccc(Cl)cc1)C1=NO[C@@H]2[C@H]1CCN2C(=O)c1ccc(Cl)cc1. The molecule has 1 N–H and O–H groups in total. The van der Waals surface area contributed by atoms with E-state index in [0.29, 0.717) is 28.6 Å². The average Bonchev–Trinajstić information content (AvgIpc) is 3.31. The van der Waals surface area contributed by atoms with E-state index in [2.05, 4.69) is 15.7 Å². The smallest absolute Gasteiger partial charge is 0.289 e. The predicted octanol–water partition coefficient (Wildman–Crippen LogP) is 3.32. The van der Waals surface area contributed by atoms with Gasteiger partial charge in [0.1, 0.15) is 0 Å². The number of carbonyl (C=O) groups excluding carboxylic acids is 2. The molecule has 2 aliphatic heterocycles. The number of oxime groups is 1. The zero-order valence-corrected chi connectivity index (χ0v) is 16.6. The molecular weight excluding hydrogens is 415 g/mol. The van der Waals surface area contributed by atoms with Crippen LogP contribution in [0.4, 0.5) is 0 Å². The molecule has 9 heteroatoms. The van der Waals surface area contributed by atoms with Gasteiger partial charge in [0.15, 0.2) is 5.71 Å². The topological polar surface area (TPSA) is 83.4 Å². The lowest BCUT2D eigenvalue weighted by Crippen LogP contribution is -2.39. The summed E-state index contributed by atoms with van der Waals surface area (Å²) in [6, 6.07) is 13.7. The Bertz CT molecular complexity index is 990. The number of likely N-dealkylation sites (tertiary alicyclic amines) is 1. The molecule has 2 aromatic rings. The van der Waals surface area contributed by atoms with Gasteiger partial charge >= 0.3 is 0 Å². The van der Waals surface area contributed by atoms with Crippen LogP contribution in [-0.4, -0.2) is 41.4 Å². The molecule has 0 aliphatic carbocycles. The summed E-state index contributed by atoms with van der Waals surface area (Å²) in [7, 11) is 0. The first-order valence-electron chi connectivity index (χ1n) is 8.92. The largest absolute Gasteiger partial charge is 0.369 e. The van der Waals surface area contributed by atoms with Crippen molar-refractivity contribution in [2.75, 3.05) is 6.54 Å². The van der Waals surface area contributed by atoms with Crippen LogP contribution in [0.25, 0.3) is 0 Å². The number of rotatable bonds is 4. The first kappa shape index (κ1) is 19.4. The Balaban J connectivity index is 1.38. The van der Waals surface area contributed by atoms with E-state index in [1.54, 1.807) is 53.4 Å². The van der Waals surface area contributed by atoms with E-state index in [9.17, 15) is 9.59 Å². The van der Waals surface area contributed by atoms with Crippen molar-refractivity contribution < 1.29 is 14.4 Å². The fourth-order valence-corrected chi connectivity index (χ4v) is 3.55. The molecule has 2 heterocycles. The molecule has 2 aliphatic rings. The van der Waals surface area contributed by atoms with Crippen molar-refractivity contribution in [2.45, 2.75) is 12.6 Å². The molecule has 0 bridgehead atoms. The van der Waals surface area contributed by atoms with Crippen LogP contribution in [0.1, 0.15) is 22.3 Å². The summed E-state index contributed by atoms with van der Waals surface area (Å²) in [5.41, 5.74) is 3.98. The fraction of sp³-hybridized carbons (Fsp3) is 0.200. The quantitative estimate of drug-likeness (QED) is 0.596. The maximum Gasteiger partial charge on any atom is 0.289 e. The zero-order valence-electron chi connectivity index (χ0n) is 15.1. The molecule has 7 nitrogen and oxygen atoms in total. The fourth-order valence-electron chi connectivity index (χ4n) is 3.30. The Hall–Kier alpha value is -2.90. The molecule has 148 valence electrons. The van der Waals surface area contributed by atoms with Crippen molar-refractivity contribution >= 4 is 46.9 Å². The van der Waals surface area contributed by atoms with Crippen molar-refractivity contribution in [3.63, 3.8) is 0 Å². The number of halogens is 2. The maximum absolute atomic E-state index is 12.7. The average molecular weight is 431 g/mol. The van der Waals surface area contributed by atoms with Crippen LogP contribution >= 0.6 is 23.2 Å². The number of benzene rings is 2. The van der Waals surface area contributed by atoms with Crippen LogP contribution in [0.3, 0.4) is 0 Å². The number of hydrogen-bond acceptors (Lipinski definition) is 5. The third kappa shape index (κ3) is 4.11. The number of carbonyl (C=O) groups is 2. The normalized spacial score (nSPS) is 20.3. The second-order valence-corrected chi connectivity index (χ2v) is 7.50. The van der Waals surface area contributed by atoms with Gasteiger partial charge in [-0.1, -0.05) is 40.5 Å². The number of hydrazone groups is 1. The van der Waals surface area contributed by atoms with Gasteiger partial charge in [-0.3, -0.25) is 9.59 Å². The number of amides is 2. The van der Waals surface area contributed by atoms with E-state index in [1.807, 2.05) is 0 Å². The number of hydrogen-bond donors (Lipinski definition) is 1. The lowest BCUT2D eigenvalue weighted by Gasteiger charge is -2.21. The molecule has 2 amide bonds. The molecule has 1 fully saturated rings. The molecule has 0 aromatic heterocycles. The van der Waals surface area contributed by atoms with Crippen molar-refractivity contribution in [1.29, 1.82) is 0 Å². The molecule has 0 saturated carbocycles. The van der Waals surface area contributed by atoms with Gasteiger partial charge in [-0.25, -0.2) is 5.43 Å². The van der Waals surface area contributed by atoms with Crippen molar-refractivity contribution in [3.8, 4) is 0 Å². The molecule has 2 atom stereocenters. The first-order valence-corrected chi connectivity index (χ1v) is 9.68. The Morgan fingerprint density at radius 3 is 2.45 bits per heavy atom. The third-order valence-electron chi connectivity index (χ3n) is 4.78. The van der Waals surface area contributed by atoms with Gasteiger partial charge < -0.3 is 9.74 Å². The minimum Gasteiger partial charge on any atom is -0.369 e. The minimum absolute atomic E-state index is 0.188. The van der Waals surface area contributed by atoms with E-state index >= 15 is 0 Å². The Morgan fingerprint density at radius 1 is 1.10 bits per heavy atom. The molecule has 2 aromatic carbocycles. The van der Waals surface area contributed by atoms with Crippen molar-refractivity contribution in [2.24, 2.45) is 16.2 Å². The Labute approximate surface area is 176 Å². The predicted molar refractivity (Wildman–Crippen MR) is 110 cm³/mol. The summed E-state index contributed by atoms with van der Waals surface area (Å²) in [5, 5.41) is 9.01. The number of nitrogens with zero attached hydrogens (tertiary/aromatic N) is 3. The monoisotopic (exact) mass is 430 g/mol. The molecule has 0 radical (unpaired) electrons. The highest BCUT2D eigenvalue weighted by Gasteiger charge is 2.48. The second-order valence-electron chi connectivity index (χ2n) is 6.62. The van der Waals surface area contributed by atoms with Gasteiger partial charge in [-0.05, 0) is 48.4 Å². The highest BCUT2D eigenvalue weighted by Crippen LogP contribution is 2.33. The van der Waals surface area contributed by atoms with Crippen LogP contribution < -0.4 is 5.43 Å². The zero-order chi connectivity index (χ0) is 20.4.